The van der Waals surface area contributed by atoms with Crippen LogP contribution in [0, 0.1) is 53.3 Å². The zero-order valence-corrected chi connectivity index (χ0v) is 30.1. The molecule has 0 aromatic heterocycles. The molecule has 234 valence electrons. The van der Waals surface area contributed by atoms with Gasteiger partial charge in [-0.1, -0.05) is 105 Å². The molecular weight excluding hydrogens is 554 g/mol. The number of hydrogen-bond acceptors (Lipinski definition) is 0. The van der Waals surface area contributed by atoms with Crippen LogP contribution in [0.25, 0.3) is 5.57 Å². The molecule has 1 atom stereocenters. The maximum Gasteiger partial charge on any atom is 0.00324 e. The predicted octanol–water partition coefficient (Wildman–Crippen LogP) is 11.8. The van der Waals surface area contributed by atoms with Crippen LogP contribution in [0.15, 0.2) is 48.1 Å². The Balaban J connectivity index is 1.16. The summed E-state index contributed by atoms with van der Waals surface area (Å²) in [6, 6.07) is 11.4. The minimum atomic E-state index is -0.120. The summed E-state index contributed by atoms with van der Waals surface area (Å²) < 4.78 is 0. The van der Waals surface area contributed by atoms with Gasteiger partial charge in [0.25, 0.3) is 0 Å². The summed E-state index contributed by atoms with van der Waals surface area (Å²) in [6.45, 7) is 15.3. The third kappa shape index (κ3) is 5.62. The number of hydrogen-bond donors (Lipinski definition) is 0. The Morgan fingerprint density at radius 1 is 0.605 bits per heavy atom. The van der Waals surface area contributed by atoms with Gasteiger partial charge in [-0.3, -0.25) is 0 Å². The lowest BCUT2D eigenvalue weighted by Gasteiger charge is -2.62. The molecule has 1 aromatic carbocycles. The van der Waals surface area contributed by atoms with Crippen LogP contribution in [0.3, 0.4) is 0 Å². The Kier molecular flexibility index (Phi) is 7.71. The first kappa shape index (κ1) is 29.9. The Labute approximate surface area is 267 Å². The van der Waals surface area contributed by atoms with E-state index >= 15 is 0 Å². The minimum absolute atomic E-state index is 0.0383. The van der Waals surface area contributed by atoms with E-state index in [-0.39, 0.29) is 15.8 Å². The summed E-state index contributed by atoms with van der Waals surface area (Å²) in [7, 11) is -0.0817. The Hall–Kier alpha value is -0.440. The molecule has 1 aromatic rings. The van der Waals surface area contributed by atoms with E-state index in [1.807, 2.05) is 5.57 Å². The van der Waals surface area contributed by atoms with Crippen LogP contribution >= 0.6 is 15.8 Å². The fraction of sp³-hybridized carbons (Fsp3) is 0.756. The fourth-order valence-corrected chi connectivity index (χ4v) is 21.6. The Morgan fingerprint density at radius 2 is 1.05 bits per heavy atom. The van der Waals surface area contributed by atoms with Crippen molar-refractivity contribution in [2.24, 2.45) is 53.3 Å². The lowest BCUT2D eigenvalue weighted by atomic mass is 9.55. The highest BCUT2D eigenvalue weighted by atomic mass is 31.1. The van der Waals surface area contributed by atoms with Gasteiger partial charge >= 0.3 is 0 Å². The van der Waals surface area contributed by atoms with E-state index in [4.69, 9.17) is 0 Å². The predicted molar refractivity (Wildman–Crippen MR) is 191 cm³/mol. The lowest BCUT2D eigenvalue weighted by molar-refractivity contribution is 0.0131. The molecule has 43 heavy (non-hydrogen) atoms. The Bertz CT molecular complexity index is 1130. The van der Waals surface area contributed by atoms with Gasteiger partial charge in [0, 0.05) is 5.92 Å². The van der Waals surface area contributed by atoms with Crippen LogP contribution in [0.4, 0.5) is 0 Å². The molecule has 8 fully saturated rings. The van der Waals surface area contributed by atoms with Gasteiger partial charge in [0.1, 0.15) is 0 Å². The van der Waals surface area contributed by atoms with Gasteiger partial charge in [-0.15, -0.1) is 0 Å². The quantitative estimate of drug-likeness (QED) is 0.268. The van der Waals surface area contributed by atoms with Crippen molar-refractivity contribution in [1.29, 1.82) is 0 Å². The molecule has 0 spiro atoms. The lowest BCUT2D eigenvalue weighted by Crippen LogP contribution is -2.53. The summed E-state index contributed by atoms with van der Waals surface area (Å²) >= 11 is 0. The van der Waals surface area contributed by atoms with Crippen molar-refractivity contribution in [1.82, 2.24) is 0 Å². The van der Waals surface area contributed by atoms with Gasteiger partial charge in [0.05, 0.1) is 0 Å². The van der Waals surface area contributed by atoms with Crippen molar-refractivity contribution in [3.05, 3.63) is 53.6 Å². The third-order valence-corrected chi connectivity index (χ3v) is 21.7. The SMILES string of the molecule is CC(C)(C)P(CC1C=C(c2ccccc2)C=C1CP(C1C2CC3CC(C2)CC1C3)C1C2CC3CC(C2)CC1C3)C(C)(C)C. The minimum Gasteiger partial charge on any atom is -0.0950 e. The first-order chi connectivity index (χ1) is 20.5. The van der Waals surface area contributed by atoms with Crippen LogP contribution in [-0.4, -0.2) is 34.0 Å². The molecule has 8 bridgehead atoms. The second-order valence-electron chi connectivity index (χ2n) is 18.8. The van der Waals surface area contributed by atoms with Gasteiger partial charge in [0.2, 0.25) is 0 Å². The summed E-state index contributed by atoms with van der Waals surface area (Å²) in [4.78, 5) is 0. The highest BCUT2D eigenvalue weighted by Crippen LogP contribution is 2.72. The van der Waals surface area contributed by atoms with Crippen molar-refractivity contribution >= 4 is 21.4 Å². The largest absolute Gasteiger partial charge is 0.0950 e. The molecular formula is C41H60P2. The van der Waals surface area contributed by atoms with Gasteiger partial charge in [-0.2, -0.15) is 0 Å². The Morgan fingerprint density at radius 3 is 1.47 bits per heavy atom. The molecule has 8 saturated carbocycles. The molecule has 0 amide bonds. The molecule has 9 aliphatic rings. The molecule has 0 heterocycles. The van der Waals surface area contributed by atoms with E-state index in [1.165, 1.54) is 17.9 Å². The zero-order chi connectivity index (χ0) is 29.7. The van der Waals surface area contributed by atoms with Crippen LogP contribution in [0.2, 0.25) is 0 Å². The summed E-state index contributed by atoms with van der Waals surface area (Å²) in [5, 5.41) is 0.769. The smallest absolute Gasteiger partial charge is 0.00324 e. The molecule has 0 nitrogen and oxygen atoms in total. The highest BCUT2D eigenvalue weighted by Gasteiger charge is 2.57. The molecule has 10 rings (SSSR count). The molecule has 0 N–H and O–H groups in total. The van der Waals surface area contributed by atoms with Crippen LogP contribution in [-0.2, 0) is 0 Å². The molecule has 0 aliphatic heterocycles. The van der Waals surface area contributed by atoms with E-state index in [2.05, 4.69) is 84.0 Å². The fourth-order valence-electron chi connectivity index (χ4n) is 13.1. The molecule has 9 aliphatic carbocycles. The molecule has 0 saturated heterocycles. The number of benzene rings is 1. The monoisotopic (exact) mass is 614 g/mol. The topological polar surface area (TPSA) is 0 Å². The average Bonchev–Trinajstić information content (AvgIpc) is 3.32. The van der Waals surface area contributed by atoms with Gasteiger partial charge in [-0.25, -0.2) is 0 Å². The zero-order valence-electron chi connectivity index (χ0n) is 28.3. The maximum atomic E-state index is 2.76. The van der Waals surface area contributed by atoms with Crippen LogP contribution in [0.5, 0.6) is 0 Å². The highest BCUT2D eigenvalue weighted by molar-refractivity contribution is 7.61. The summed E-state index contributed by atoms with van der Waals surface area (Å²) in [5.74, 6) is 9.39. The van der Waals surface area contributed by atoms with E-state index in [0.717, 1.165) is 58.7 Å². The number of allylic oxidation sites excluding steroid dienone is 4. The maximum absolute atomic E-state index is 2.76. The van der Waals surface area contributed by atoms with Crippen LogP contribution < -0.4 is 0 Å². The first-order valence-electron chi connectivity index (χ1n) is 18.5. The normalized spacial score (nSPS) is 42.1. The van der Waals surface area contributed by atoms with Crippen LogP contribution in [0.1, 0.15) is 111 Å². The van der Waals surface area contributed by atoms with Gasteiger partial charge < -0.3 is 0 Å². The standard InChI is InChI=1S/C41H60P2/c1-40(2,3)43(41(4,5)6)25-37-23-31(30-10-8-7-9-11-30)22-36(37)24-42(38-32-14-26-12-27(16-32)17-33(38)15-26)39-34-18-28-13-29(20-34)21-35(39)19-28/h7-11,22-23,26-29,32-35,37-39H,12-21,24-25H2,1-6H3. The van der Waals surface area contributed by atoms with Crippen molar-refractivity contribution < 1.29 is 0 Å². The average molecular weight is 615 g/mol. The van der Waals surface area contributed by atoms with E-state index in [9.17, 15) is 0 Å². The summed E-state index contributed by atoms with van der Waals surface area (Å²) in [5.41, 5.74) is 7.07. The third-order valence-electron chi connectivity index (χ3n) is 13.8. The van der Waals surface area contributed by atoms with Crippen molar-refractivity contribution in [3.8, 4) is 0 Å². The molecule has 0 radical (unpaired) electrons. The van der Waals surface area contributed by atoms with Gasteiger partial charge in [0.15, 0.2) is 0 Å². The number of rotatable bonds is 7. The van der Waals surface area contributed by atoms with Crippen molar-refractivity contribution in [2.45, 2.75) is 127 Å². The van der Waals surface area contributed by atoms with Gasteiger partial charge in [-0.05, 0) is 157 Å². The first-order valence-corrected chi connectivity index (χ1v) is 21.7. The van der Waals surface area contributed by atoms with Crippen molar-refractivity contribution in [3.63, 3.8) is 0 Å². The van der Waals surface area contributed by atoms with E-state index < -0.39 is 0 Å². The van der Waals surface area contributed by atoms with E-state index in [1.54, 1.807) is 69.8 Å². The van der Waals surface area contributed by atoms with E-state index in [0.29, 0.717) is 16.2 Å². The molecule has 1 unspecified atom stereocenters. The second kappa shape index (κ2) is 11.1. The van der Waals surface area contributed by atoms with Crippen molar-refractivity contribution in [2.75, 3.05) is 12.3 Å². The second-order valence-corrected chi connectivity index (χ2v) is 25.2. The summed E-state index contributed by atoms with van der Waals surface area (Å²) in [6.07, 6.45) is 24.5. The molecule has 2 heteroatoms.